The normalized spacial score (nSPS) is 10.4. The van der Waals surface area contributed by atoms with E-state index in [1.54, 1.807) is 13.0 Å². The summed E-state index contributed by atoms with van der Waals surface area (Å²) in [5.74, 6) is 0.493. The van der Waals surface area contributed by atoms with Crippen molar-refractivity contribution in [2.45, 2.75) is 6.92 Å². The highest BCUT2D eigenvalue weighted by atomic mass is 79.9. The lowest BCUT2D eigenvalue weighted by Gasteiger charge is -2.07. The van der Waals surface area contributed by atoms with Crippen LogP contribution < -0.4 is 4.74 Å². The molecule has 0 bridgehead atoms. The van der Waals surface area contributed by atoms with E-state index in [0.717, 1.165) is 0 Å². The Balaban J connectivity index is 2.31. The standard InChI is InChI=1S/C11H7BrClFN2O/c1-6-4-7(2-3-8(6)14)17-11-9(12)10(13)15-5-16-11/h2-5H,1H3. The highest BCUT2D eigenvalue weighted by molar-refractivity contribution is 9.10. The number of ether oxygens (including phenoxy) is 1. The number of halogens is 3. The van der Waals surface area contributed by atoms with Gasteiger partial charge in [0.2, 0.25) is 5.88 Å². The summed E-state index contributed by atoms with van der Waals surface area (Å²) in [7, 11) is 0. The monoisotopic (exact) mass is 316 g/mol. The third kappa shape index (κ3) is 2.73. The van der Waals surface area contributed by atoms with Gasteiger partial charge < -0.3 is 4.74 Å². The van der Waals surface area contributed by atoms with Gasteiger partial charge in [0.25, 0.3) is 0 Å². The van der Waals surface area contributed by atoms with E-state index >= 15 is 0 Å². The third-order valence-electron chi connectivity index (χ3n) is 2.06. The van der Waals surface area contributed by atoms with Gasteiger partial charge in [-0.25, -0.2) is 14.4 Å². The number of hydrogen-bond donors (Lipinski definition) is 0. The predicted octanol–water partition coefficient (Wildman–Crippen LogP) is 4.13. The van der Waals surface area contributed by atoms with Crippen molar-refractivity contribution in [3.8, 4) is 11.6 Å². The van der Waals surface area contributed by atoms with Crippen LogP contribution in [0.1, 0.15) is 5.56 Å². The van der Waals surface area contributed by atoms with Crippen LogP contribution in [0.15, 0.2) is 29.0 Å². The summed E-state index contributed by atoms with van der Waals surface area (Å²) in [6.45, 7) is 1.66. The first-order valence-corrected chi connectivity index (χ1v) is 5.85. The quantitative estimate of drug-likeness (QED) is 0.781. The molecule has 2 aromatic rings. The van der Waals surface area contributed by atoms with Gasteiger partial charge in [0.1, 0.15) is 22.4 Å². The van der Waals surface area contributed by atoms with E-state index in [-0.39, 0.29) is 16.9 Å². The molecule has 0 spiro atoms. The van der Waals surface area contributed by atoms with E-state index in [0.29, 0.717) is 15.8 Å². The molecular weight excluding hydrogens is 310 g/mol. The Kier molecular flexibility index (Phi) is 3.59. The Hall–Kier alpha value is -1.20. The first-order valence-electron chi connectivity index (χ1n) is 4.68. The van der Waals surface area contributed by atoms with Gasteiger partial charge in [-0.1, -0.05) is 11.6 Å². The van der Waals surface area contributed by atoms with Crippen molar-refractivity contribution >= 4 is 27.5 Å². The number of aromatic nitrogens is 2. The first kappa shape index (κ1) is 12.3. The van der Waals surface area contributed by atoms with Crippen molar-refractivity contribution < 1.29 is 9.13 Å². The van der Waals surface area contributed by atoms with Crippen molar-refractivity contribution in [1.82, 2.24) is 9.97 Å². The summed E-state index contributed by atoms with van der Waals surface area (Å²) >= 11 is 9.01. The first-order chi connectivity index (χ1) is 8.08. The summed E-state index contributed by atoms with van der Waals surface area (Å²) in [5.41, 5.74) is 0.499. The molecule has 0 atom stereocenters. The molecule has 0 unspecified atom stereocenters. The van der Waals surface area contributed by atoms with Crippen molar-refractivity contribution in [3.05, 3.63) is 45.5 Å². The minimum atomic E-state index is -0.280. The molecule has 1 heterocycles. The van der Waals surface area contributed by atoms with Crippen LogP contribution in [0.2, 0.25) is 5.15 Å². The SMILES string of the molecule is Cc1cc(Oc2ncnc(Cl)c2Br)ccc1F. The predicted molar refractivity (Wildman–Crippen MR) is 66.0 cm³/mol. The smallest absolute Gasteiger partial charge is 0.238 e. The van der Waals surface area contributed by atoms with Gasteiger partial charge in [-0.05, 0) is 46.6 Å². The van der Waals surface area contributed by atoms with E-state index < -0.39 is 0 Å². The van der Waals surface area contributed by atoms with Gasteiger partial charge in [-0.3, -0.25) is 0 Å². The van der Waals surface area contributed by atoms with Gasteiger partial charge in [0.15, 0.2) is 5.15 Å². The van der Waals surface area contributed by atoms with Gasteiger partial charge in [0.05, 0.1) is 0 Å². The van der Waals surface area contributed by atoms with E-state index in [1.165, 1.54) is 18.5 Å². The Labute approximate surface area is 111 Å². The Morgan fingerprint density at radius 3 is 2.82 bits per heavy atom. The zero-order valence-electron chi connectivity index (χ0n) is 8.75. The Morgan fingerprint density at radius 2 is 2.12 bits per heavy atom. The summed E-state index contributed by atoms with van der Waals surface area (Å²) in [5, 5.41) is 0.258. The number of rotatable bonds is 2. The van der Waals surface area contributed by atoms with Crippen LogP contribution in [0.3, 0.4) is 0 Å². The van der Waals surface area contributed by atoms with E-state index in [4.69, 9.17) is 16.3 Å². The van der Waals surface area contributed by atoms with Crippen molar-refractivity contribution in [3.63, 3.8) is 0 Å². The Morgan fingerprint density at radius 1 is 1.35 bits per heavy atom. The molecule has 0 saturated heterocycles. The summed E-state index contributed by atoms with van der Waals surface area (Å²) in [4.78, 5) is 7.71. The highest BCUT2D eigenvalue weighted by Crippen LogP contribution is 2.31. The number of hydrogen-bond acceptors (Lipinski definition) is 3. The molecule has 0 aliphatic heterocycles. The summed E-state index contributed by atoms with van der Waals surface area (Å²) in [6, 6.07) is 4.43. The van der Waals surface area contributed by atoms with Gasteiger partial charge in [-0.15, -0.1) is 0 Å². The fourth-order valence-corrected chi connectivity index (χ4v) is 1.61. The maximum atomic E-state index is 13.1. The second-order valence-corrected chi connectivity index (χ2v) is 4.45. The van der Waals surface area contributed by atoms with Crippen molar-refractivity contribution in [1.29, 1.82) is 0 Å². The van der Waals surface area contributed by atoms with Crippen LogP contribution in [0.4, 0.5) is 4.39 Å². The molecule has 0 fully saturated rings. The molecule has 0 amide bonds. The average molecular weight is 318 g/mol. The molecule has 0 saturated carbocycles. The van der Waals surface area contributed by atoms with Crippen LogP contribution in [-0.4, -0.2) is 9.97 Å². The van der Waals surface area contributed by atoms with E-state index in [1.807, 2.05) is 0 Å². The zero-order valence-corrected chi connectivity index (χ0v) is 11.1. The van der Waals surface area contributed by atoms with E-state index in [2.05, 4.69) is 25.9 Å². The molecule has 3 nitrogen and oxygen atoms in total. The summed E-state index contributed by atoms with van der Waals surface area (Å²) < 4.78 is 19.0. The minimum absolute atomic E-state index is 0.258. The summed E-state index contributed by atoms with van der Waals surface area (Å²) in [6.07, 6.45) is 1.29. The number of benzene rings is 1. The molecule has 1 aromatic carbocycles. The molecule has 0 aliphatic rings. The molecule has 2 rings (SSSR count). The lowest BCUT2D eigenvalue weighted by atomic mass is 10.2. The maximum Gasteiger partial charge on any atom is 0.238 e. The second-order valence-electron chi connectivity index (χ2n) is 3.30. The molecule has 88 valence electrons. The maximum absolute atomic E-state index is 13.1. The number of aryl methyl sites for hydroxylation is 1. The molecule has 0 aliphatic carbocycles. The second kappa shape index (κ2) is 4.98. The topological polar surface area (TPSA) is 35.0 Å². The van der Waals surface area contributed by atoms with Crippen molar-refractivity contribution in [2.75, 3.05) is 0 Å². The molecule has 0 radical (unpaired) electrons. The molecule has 0 N–H and O–H groups in total. The lowest BCUT2D eigenvalue weighted by molar-refractivity contribution is 0.456. The lowest BCUT2D eigenvalue weighted by Crippen LogP contribution is -1.92. The molecule has 6 heteroatoms. The highest BCUT2D eigenvalue weighted by Gasteiger charge is 2.09. The van der Waals surface area contributed by atoms with Gasteiger partial charge in [0, 0.05) is 0 Å². The molecular formula is C11H7BrClFN2O. The zero-order chi connectivity index (χ0) is 12.4. The Bertz CT molecular complexity index is 565. The van der Waals surface area contributed by atoms with Crippen LogP contribution in [-0.2, 0) is 0 Å². The average Bonchev–Trinajstić information content (AvgIpc) is 2.30. The van der Waals surface area contributed by atoms with Crippen LogP contribution in [0.25, 0.3) is 0 Å². The van der Waals surface area contributed by atoms with Crippen LogP contribution in [0.5, 0.6) is 11.6 Å². The largest absolute Gasteiger partial charge is 0.438 e. The van der Waals surface area contributed by atoms with Crippen LogP contribution >= 0.6 is 27.5 Å². The fraction of sp³-hybridized carbons (Fsp3) is 0.0909. The fourth-order valence-electron chi connectivity index (χ4n) is 1.20. The van der Waals surface area contributed by atoms with Gasteiger partial charge in [-0.2, -0.15) is 0 Å². The van der Waals surface area contributed by atoms with Crippen molar-refractivity contribution in [2.24, 2.45) is 0 Å². The van der Waals surface area contributed by atoms with Crippen LogP contribution in [0, 0.1) is 12.7 Å². The van der Waals surface area contributed by atoms with E-state index in [9.17, 15) is 4.39 Å². The van der Waals surface area contributed by atoms with Gasteiger partial charge >= 0.3 is 0 Å². The molecule has 1 aromatic heterocycles. The minimum Gasteiger partial charge on any atom is -0.438 e. The third-order valence-corrected chi connectivity index (χ3v) is 3.29. The molecule has 17 heavy (non-hydrogen) atoms. The number of nitrogens with zero attached hydrogens (tertiary/aromatic N) is 2.